The van der Waals surface area contributed by atoms with E-state index in [-0.39, 0.29) is 53.7 Å². The number of fused-ring (bicyclic) bond motifs is 1. The van der Waals surface area contributed by atoms with Gasteiger partial charge in [0, 0.05) is 35.1 Å². The van der Waals surface area contributed by atoms with E-state index < -0.39 is 28.3 Å². The number of carbonyl (C=O) groups excluding carboxylic acids is 1. The molecule has 0 saturated heterocycles. The summed E-state index contributed by atoms with van der Waals surface area (Å²) < 4.78 is 63.6. The van der Waals surface area contributed by atoms with Crippen LogP contribution in [-0.2, 0) is 31.7 Å². The Labute approximate surface area is 265 Å². The predicted octanol–water partition coefficient (Wildman–Crippen LogP) is 6.66. The molecule has 2 aromatic heterocycles. The van der Waals surface area contributed by atoms with Gasteiger partial charge in [-0.05, 0) is 44.2 Å². The first-order chi connectivity index (χ1) is 21.2. The number of thioether (sulfide) groups is 1. The van der Waals surface area contributed by atoms with Crippen molar-refractivity contribution < 1.29 is 36.6 Å². The second-order valence-corrected chi connectivity index (χ2v) is 13.1. The van der Waals surface area contributed by atoms with Crippen molar-refractivity contribution in [3.63, 3.8) is 0 Å². The van der Waals surface area contributed by atoms with Gasteiger partial charge >= 0.3 is 17.8 Å². The quantitative estimate of drug-likeness (QED) is 0.118. The molecule has 2 heterocycles. The molecule has 0 saturated carbocycles. The Morgan fingerprint density at radius 2 is 1.60 bits per heavy atom. The fourth-order valence-corrected chi connectivity index (χ4v) is 5.42. The van der Waals surface area contributed by atoms with Gasteiger partial charge in [-0.2, -0.15) is 24.9 Å². The summed E-state index contributed by atoms with van der Waals surface area (Å²) in [5.74, 6) is 1.98. The van der Waals surface area contributed by atoms with E-state index >= 15 is 0 Å². The minimum absolute atomic E-state index is 0.0857. The lowest BCUT2D eigenvalue weighted by molar-refractivity contribution is -0.158. The SMILES string of the molecule is CC(C)CC(C)C(C)(C)C(=O)OCCOCCSCCOCCn1cc2oc(=O)c(-c3ccccc3C(F)(F)F)cc2cc1=O. The number of alkyl halides is 3. The lowest BCUT2D eigenvalue weighted by Gasteiger charge is -2.30. The van der Waals surface area contributed by atoms with Crippen LogP contribution < -0.4 is 11.2 Å². The second kappa shape index (κ2) is 16.5. The maximum absolute atomic E-state index is 13.5. The molecular weight excluding hydrogens is 611 g/mol. The van der Waals surface area contributed by atoms with Gasteiger partial charge in [0.2, 0.25) is 0 Å². The molecule has 0 bridgehead atoms. The lowest BCUT2D eigenvalue weighted by atomic mass is 9.76. The van der Waals surface area contributed by atoms with E-state index in [0.29, 0.717) is 31.5 Å². The Morgan fingerprint density at radius 3 is 2.27 bits per heavy atom. The van der Waals surface area contributed by atoms with Crippen LogP contribution in [-0.4, -0.2) is 55.1 Å². The standard InChI is InChI=1S/C33H42F3NO7S/c1-22(2)18-23(3)32(4,5)31(40)43-13-12-42-15-17-45-16-14-41-11-10-37-21-28-24(20-29(37)38)19-26(30(39)44-28)25-8-6-7-9-27(25)33(34,35)36/h6-9,19-23H,10-18H2,1-5H3. The number of esters is 1. The Balaban J connectivity index is 1.36. The summed E-state index contributed by atoms with van der Waals surface area (Å²) in [7, 11) is 0. The van der Waals surface area contributed by atoms with Crippen molar-refractivity contribution in [3.8, 4) is 11.1 Å². The van der Waals surface area contributed by atoms with E-state index in [0.717, 1.165) is 18.2 Å². The number of hydrogen-bond acceptors (Lipinski definition) is 8. The number of halogens is 3. The number of rotatable bonds is 17. The summed E-state index contributed by atoms with van der Waals surface area (Å²) in [5, 5.41) is 0.223. The molecule has 0 spiro atoms. The van der Waals surface area contributed by atoms with Gasteiger partial charge < -0.3 is 23.2 Å². The molecule has 0 radical (unpaired) electrons. The molecule has 12 heteroatoms. The van der Waals surface area contributed by atoms with Crippen LogP contribution in [0.1, 0.15) is 46.6 Å². The van der Waals surface area contributed by atoms with Crippen molar-refractivity contribution in [3.05, 3.63) is 68.9 Å². The van der Waals surface area contributed by atoms with Gasteiger partial charge in [-0.1, -0.05) is 39.0 Å². The molecular formula is C33H42F3NO7S. The highest BCUT2D eigenvalue weighted by atomic mass is 32.2. The lowest BCUT2D eigenvalue weighted by Crippen LogP contribution is -2.34. The smallest absolute Gasteiger partial charge is 0.417 e. The number of carbonyl (C=O) groups is 1. The van der Waals surface area contributed by atoms with Gasteiger partial charge in [0.25, 0.3) is 5.56 Å². The molecule has 45 heavy (non-hydrogen) atoms. The number of hydrogen-bond donors (Lipinski definition) is 0. The second-order valence-electron chi connectivity index (χ2n) is 11.8. The summed E-state index contributed by atoms with van der Waals surface area (Å²) in [4.78, 5) is 37.7. The van der Waals surface area contributed by atoms with Crippen molar-refractivity contribution in [1.82, 2.24) is 4.57 Å². The zero-order chi connectivity index (χ0) is 33.2. The molecule has 0 amide bonds. The number of nitrogens with zero attached hydrogens (tertiary/aromatic N) is 1. The molecule has 0 fully saturated rings. The largest absolute Gasteiger partial charge is 0.463 e. The highest BCUT2D eigenvalue weighted by Crippen LogP contribution is 2.36. The maximum atomic E-state index is 13.5. The first-order valence-corrected chi connectivity index (χ1v) is 16.1. The zero-order valence-corrected chi connectivity index (χ0v) is 27.2. The molecule has 0 aliphatic rings. The fraction of sp³-hybridized carbons (Fsp3) is 0.545. The fourth-order valence-electron chi connectivity index (χ4n) is 4.75. The number of benzene rings is 1. The maximum Gasteiger partial charge on any atom is 0.417 e. The van der Waals surface area contributed by atoms with Crippen LogP contribution in [0.15, 0.2) is 56.6 Å². The Bertz CT molecular complexity index is 1530. The third-order valence-corrected chi connectivity index (χ3v) is 8.54. The van der Waals surface area contributed by atoms with Crippen molar-refractivity contribution in [2.75, 3.05) is 44.5 Å². The molecule has 0 aliphatic heterocycles. The highest BCUT2D eigenvalue weighted by molar-refractivity contribution is 7.99. The van der Waals surface area contributed by atoms with E-state index in [1.54, 1.807) is 11.8 Å². The molecule has 1 aromatic carbocycles. The number of ether oxygens (including phenoxy) is 3. The summed E-state index contributed by atoms with van der Waals surface area (Å²) in [6, 6.07) is 7.20. The molecule has 8 nitrogen and oxygen atoms in total. The van der Waals surface area contributed by atoms with Crippen LogP contribution in [0.5, 0.6) is 0 Å². The van der Waals surface area contributed by atoms with Gasteiger partial charge in [-0.3, -0.25) is 9.59 Å². The molecule has 1 unspecified atom stereocenters. The van der Waals surface area contributed by atoms with E-state index in [4.69, 9.17) is 18.6 Å². The molecule has 3 aromatic rings. The molecule has 0 N–H and O–H groups in total. The number of pyridine rings is 1. The highest BCUT2D eigenvalue weighted by Gasteiger charge is 2.36. The van der Waals surface area contributed by atoms with Crippen LogP contribution in [0.2, 0.25) is 0 Å². The van der Waals surface area contributed by atoms with Crippen molar-refractivity contribution in [2.45, 2.75) is 53.8 Å². The summed E-state index contributed by atoms with van der Waals surface area (Å²) >= 11 is 1.64. The first kappa shape index (κ1) is 36.4. The molecule has 3 rings (SSSR count). The van der Waals surface area contributed by atoms with E-state index in [1.807, 2.05) is 13.8 Å². The van der Waals surface area contributed by atoms with Gasteiger partial charge in [0.05, 0.1) is 49.2 Å². The summed E-state index contributed by atoms with van der Waals surface area (Å²) in [6.07, 6.45) is -2.34. The zero-order valence-electron chi connectivity index (χ0n) is 26.4. The van der Waals surface area contributed by atoms with Crippen molar-refractivity contribution >= 4 is 28.7 Å². The van der Waals surface area contributed by atoms with E-state index in [1.165, 1.54) is 41.1 Å². The third-order valence-electron chi connectivity index (χ3n) is 7.63. The van der Waals surface area contributed by atoms with Crippen LogP contribution in [0, 0.1) is 17.3 Å². The Hall–Kier alpha value is -3.09. The first-order valence-electron chi connectivity index (χ1n) is 15.0. The van der Waals surface area contributed by atoms with Crippen molar-refractivity contribution in [2.24, 2.45) is 17.3 Å². The molecule has 0 aliphatic carbocycles. The third kappa shape index (κ3) is 10.5. The van der Waals surface area contributed by atoms with Crippen LogP contribution in [0.25, 0.3) is 22.1 Å². The average molecular weight is 654 g/mol. The minimum atomic E-state index is -4.66. The summed E-state index contributed by atoms with van der Waals surface area (Å²) in [5.41, 5.74) is -3.33. The predicted molar refractivity (Wildman–Crippen MR) is 170 cm³/mol. The molecule has 248 valence electrons. The monoisotopic (exact) mass is 653 g/mol. The molecule has 1 atom stereocenters. The van der Waals surface area contributed by atoms with E-state index in [2.05, 4.69) is 20.8 Å². The topological polar surface area (TPSA) is 97.0 Å². The Morgan fingerprint density at radius 1 is 0.933 bits per heavy atom. The van der Waals surface area contributed by atoms with E-state index in [9.17, 15) is 27.6 Å². The van der Waals surface area contributed by atoms with Gasteiger partial charge in [-0.15, -0.1) is 0 Å². The van der Waals surface area contributed by atoms with Crippen LogP contribution in [0.3, 0.4) is 0 Å². The van der Waals surface area contributed by atoms with Crippen LogP contribution in [0.4, 0.5) is 13.2 Å². The van der Waals surface area contributed by atoms with Gasteiger partial charge in [0.15, 0.2) is 5.58 Å². The van der Waals surface area contributed by atoms with Gasteiger partial charge in [-0.25, -0.2) is 4.79 Å². The van der Waals surface area contributed by atoms with Crippen molar-refractivity contribution in [1.29, 1.82) is 0 Å². The Kier molecular flexibility index (Phi) is 13.3. The minimum Gasteiger partial charge on any atom is -0.463 e. The normalized spacial score (nSPS) is 13.0. The average Bonchev–Trinajstić information content (AvgIpc) is 2.96. The van der Waals surface area contributed by atoms with Gasteiger partial charge in [0.1, 0.15) is 6.61 Å². The summed E-state index contributed by atoms with van der Waals surface area (Å²) in [6.45, 7) is 12.1. The number of aromatic nitrogens is 1. The van der Waals surface area contributed by atoms with Crippen LogP contribution >= 0.6 is 11.8 Å².